The molecule has 3 aromatic carbocycles. The van der Waals surface area contributed by atoms with Gasteiger partial charge in [0, 0.05) is 11.1 Å². The number of carbonyl (C=O) groups is 2. The normalized spacial score (nSPS) is 13.0. The van der Waals surface area contributed by atoms with Crippen molar-refractivity contribution < 1.29 is 26.4 Å². The van der Waals surface area contributed by atoms with Crippen molar-refractivity contribution in [3.63, 3.8) is 0 Å². The second-order valence-electron chi connectivity index (χ2n) is 11.0. The highest BCUT2D eigenvalue weighted by molar-refractivity contribution is 7.91. The number of rotatable bonds is 12. The summed E-state index contributed by atoms with van der Waals surface area (Å²) < 4.78 is 54.3. The van der Waals surface area contributed by atoms with Crippen molar-refractivity contribution in [3.8, 4) is 0 Å². The van der Waals surface area contributed by atoms with Gasteiger partial charge in [0.1, 0.15) is 11.4 Å². The topological polar surface area (TPSA) is 128 Å². The molecule has 1 aliphatic rings. The zero-order valence-corrected chi connectivity index (χ0v) is 26.4. The molecule has 0 amide bonds. The van der Waals surface area contributed by atoms with Gasteiger partial charge in [-0.2, -0.15) is 0 Å². The molecule has 0 saturated carbocycles. The van der Waals surface area contributed by atoms with Crippen LogP contribution in [0.3, 0.4) is 0 Å². The molecule has 0 fully saturated rings. The average Bonchev–Trinajstić information content (AvgIpc) is 3.02. The van der Waals surface area contributed by atoms with Crippen LogP contribution >= 0.6 is 0 Å². The molecule has 1 aliphatic carbocycles. The van der Waals surface area contributed by atoms with Crippen molar-refractivity contribution >= 4 is 31.2 Å². The van der Waals surface area contributed by atoms with Crippen LogP contribution in [0.5, 0.6) is 0 Å². The maximum Gasteiger partial charge on any atom is 0.214 e. The molecular weight excluding hydrogens is 597 g/mol. The van der Waals surface area contributed by atoms with E-state index in [4.69, 9.17) is 0 Å². The van der Waals surface area contributed by atoms with Gasteiger partial charge in [-0.15, -0.1) is 0 Å². The number of fused-ring (bicyclic) bond motifs is 2. The number of carbonyl (C=O) groups excluding carboxylic acids is 2. The molecular formula is C34H34N2O6S2. The van der Waals surface area contributed by atoms with Crippen LogP contribution in [0.25, 0.3) is 0 Å². The molecule has 228 valence electrons. The van der Waals surface area contributed by atoms with Crippen molar-refractivity contribution in [2.24, 2.45) is 0 Å². The fourth-order valence-corrected chi connectivity index (χ4v) is 7.82. The third kappa shape index (κ3) is 6.56. The lowest BCUT2D eigenvalue weighted by Gasteiger charge is -2.19. The standard InChI is InChI=1S/C34H34N2O6S2/c1-3-5-9-23-13-17-25(18-14-23)43(39,40)21-29-30(22-44(41,42)26-19-15-24(16-20-26)10-6-4-2)36-32-31(35-29)33(37)27-11-7-8-12-28(27)34(32)38/h7-8,11-20H,3-6,9-10,21-22H2,1-2H3. The van der Waals surface area contributed by atoms with Gasteiger partial charge in [0.25, 0.3) is 0 Å². The summed E-state index contributed by atoms with van der Waals surface area (Å²) in [6.07, 6.45) is 5.63. The third-order valence-corrected chi connectivity index (χ3v) is 11.0. The monoisotopic (exact) mass is 630 g/mol. The first-order valence-electron chi connectivity index (χ1n) is 14.8. The SMILES string of the molecule is CCCCc1ccc(S(=O)(=O)Cc2nc3c(nc2CS(=O)(=O)c2ccc(CCCC)cc2)C(=O)c2ccccc2C3=O)cc1. The van der Waals surface area contributed by atoms with E-state index >= 15 is 0 Å². The van der Waals surface area contributed by atoms with E-state index in [0.29, 0.717) is 0 Å². The highest BCUT2D eigenvalue weighted by Gasteiger charge is 2.35. The Bertz CT molecular complexity index is 1790. The second kappa shape index (κ2) is 12.9. The van der Waals surface area contributed by atoms with Crippen LogP contribution in [0.4, 0.5) is 0 Å². The fraction of sp³-hybridized carbons (Fsp3) is 0.294. The quantitative estimate of drug-likeness (QED) is 0.167. The molecule has 4 aromatic rings. The van der Waals surface area contributed by atoms with Crippen LogP contribution in [0.15, 0.2) is 82.6 Å². The van der Waals surface area contributed by atoms with E-state index in [1.54, 1.807) is 36.4 Å². The molecule has 8 nitrogen and oxygen atoms in total. The Morgan fingerprint density at radius 2 is 0.909 bits per heavy atom. The smallest absolute Gasteiger partial charge is 0.214 e. The van der Waals surface area contributed by atoms with Crippen LogP contribution in [0.2, 0.25) is 0 Å². The predicted molar refractivity (Wildman–Crippen MR) is 167 cm³/mol. The van der Waals surface area contributed by atoms with Crippen LogP contribution in [-0.4, -0.2) is 38.4 Å². The van der Waals surface area contributed by atoms with Gasteiger partial charge < -0.3 is 0 Å². The first-order chi connectivity index (χ1) is 21.0. The summed E-state index contributed by atoms with van der Waals surface area (Å²) in [6.45, 7) is 4.16. The van der Waals surface area contributed by atoms with Gasteiger partial charge in [-0.25, -0.2) is 26.8 Å². The zero-order chi connectivity index (χ0) is 31.5. The van der Waals surface area contributed by atoms with E-state index in [-0.39, 0.29) is 43.7 Å². The zero-order valence-electron chi connectivity index (χ0n) is 24.7. The molecule has 0 saturated heterocycles. The van der Waals surface area contributed by atoms with E-state index in [9.17, 15) is 26.4 Å². The van der Waals surface area contributed by atoms with Crippen molar-refractivity contribution in [2.75, 3.05) is 0 Å². The van der Waals surface area contributed by atoms with Gasteiger partial charge in [0.2, 0.25) is 11.6 Å². The lowest BCUT2D eigenvalue weighted by Crippen LogP contribution is -2.27. The van der Waals surface area contributed by atoms with Gasteiger partial charge in [-0.05, 0) is 61.1 Å². The van der Waals surface area contributed by atoms with Gasteiger partial charge in [-0.3, -0.25) is 9.59 Å². The van der Waals surface area contributed by atoms with Gasteiger partial charge in [-0.1, -0.05) is 75.2 Å². The number of aryl methyl sites for hydroxylation is 2. The number of aromatic nitrogens is 2. The number of nitrogens with zero attached hydrogens (tertiary/aromatic N) is 2. The Labute approximate surface area is 258 Å². The van der Waals surface area contributed by atoms with E-state index in [0.717, 1.165) is 49.7 Å². The Morgan fingerprint density at radius 3 is 1.25 bits per heavy atom. The largest absolute Gasteiger partial charge is 0.287 e. The fourth-order valence-electron chi connectivity index (χ4n) is 5.20. The van der Waals surface area contributed by atoms with Crippen molar-refractivity contribution in [2.45, 2.75) is 73.7 Å². The molecule has 1 aromatic heterocycles. The highest BCUT2D eigenvalue weighted by Crippen LogP contribution is 2.29. The summed E-state index contributed by atoms with van der Waals surface area (Å²) in [6, 6.07) is 19.4. The molecule has 0 N–H and O–H groups in total. The van der Waals surface area contributed by atoms with Gasteiger partial charge in [0.05, 0.1) is 32.7 Å². The van der Waals surface area contributed by atoms with Crippen molar-refractivity contribution in [1.29, 1.82) is 0 Å². The number of benzene rings is 3. The molecule has 0 spiro atoms. The lowest BCUT2D eigenvalue weighted by atomic mass is 9.89. The number of sulfone groups is 2. The van der Waals surface area contributed by atoms with E-state index in [1.807, 2.05) is 0 Å². The minimum Gasteiger partial charge on any atom is -0.287 e. The van der Waals surface area contributed by atoms with Crippen LogP contribution in [0.1, 0.15) is 94.1 Å². The molecule has 0 radical (unpaired) electrons. The molecule has 10 heteroatoms. The molecule has 0 aliphatic heterocycles. The summed E-state index contributed by atoms with van der Waals surface area (Å²) in [7, 11) is -8.04. The van der Waals surface area contributed by atoms with Crippen LogP contribution in [-0.2, 0) is 44.0 Å². The molecule has 0 unspecified atom stereocenters. The average molecular weight is 631 g/mol. The molecule has 5 rings (SSSR count). The Balaban J connectivity index is 1.55. The Hall–Kier alpha value is -4.02. The summed E-state index contributed by atoms with van der Waals surface area (Å²) in [5.74, 6) is -2.52. The summed E-state index contributed by atoms with van der Waals surface area (Å²) >= 11 is 0. The van der Waals surface area contributed by atoms with E-state index in [1.165, 1.54) is 36.4 Å². The van der Waals surface area contributed by atoms with E-state index in [2.05, 4.69) is 23.8 Å². The first kappa shape index (κ1) is 31.4. The van der Waals surface area contributed by atoms with Gasteiger partial charge >= 0.3 is 0 Å². The predicted octanol–water partition coefficient (Wildman–Crippen LogP) is 5.89. The highest BCUT2D eigenvalue weighted by atomic mass is 32.2. The number of ketones is 2. The Morgan fingerprint density at radius 1 is 0.545 bits per heavy atom. The molecule has 0 atom stereocenters. The lowest BCUT2D eigenvalue weighted by molar-refractivity contribution is 0.0971. The summed E-state index contributed by atoms with van der Waals surface area (Å²) in [5.41, 5.74) is 1.37. The minimum atomic E-state index is -4.02. The second-order valence-corrected chi connectivity index (χ2v) is 15.0. The van der Waals surface area contributed by atoms with Gasteiger partial charge in [0.15, 0.2) is 19.7 Å². The number of hydrogen-bond donors (Lipinski definition) is 0. The maximum absolute atomic E-state index is 13.6. The number of hydrogen-bond acceptors (Lipinski definition) is 8. The molecule has 1 heterocycles. The Kier molecular flexibility index (Phi) is 9.22. The van der Waals surface area contributed by atoms with Crippen LogP contribution in [0, 0.1) is 0 Å². The molecule has 44 heavy (non-hydrogen) atoms. The maximum atomic E-state index is 13.6. The van der Waals surface area contributed by atoms with Crippen molar-refractivity contribution in [3.05, 3.63) is 118 Å². The summed E-state index contributed by atoms with van der Waals surface area (Å²) in [4.78, 5) is 35.5. The van der Waals surface area contributed by atoms with E-state index < -0.39 is 42.7 Å². The first-order valence-corrected chi connectivity index (χ1v) is 18.1. The number of unbranched alkanes of at least 4 members (excludes halogenated alkanes) is 2. The van der Waals surface area contributed by atoms with Crippen LogP contribution < -0.4 is 0 Å². The summed E-state index contributed by atoms with van der Waals surface area (Å²) in [5, 5.41) is 0. The van der Waals surface area contributed by atoms with Crippen molar-refractivity contribution in [1.82, 2.24) is 9.97 Å². The third-order valence-electron chi connectivity index (χ3n) is 7.75. The molecule has 0 bridgehead atoms. The minimum absolute atomic E-state index is 0.0430.